The van der Waals surface area contributed by atoms with Gasteiger partial charge in [0.1, 0.15) is 11.5 Å². The molecular weight excluding hydrogens is 264 g/mol. The first-order valence-corrected chi connectivity index (χ1v) is 6.99. The number of hydrogen-bond donors (Lipinski definition) is 2. The Morgan fingerprint density at radius 3 is 2.52 bits per heavy atom. The van der Waals surface area contributed by atoms with Crippen molar-refractivity contribution >= 4 is 5.84 Å². The number of nitrogens with zero attached hydrogens (tertiary/aromatic N) is 1. The lowest BCUT2D eigenvalue weighted by molar-refractivity contribution is 0.318. The van der Waals surface area contributed by atoms with Gasteiger partial charge in [-0.3, -0.25) is 0 Å². The molecule has 0 spiro atoms. The van der Waals surface area contributed by atoms with Crippen molar-refractivity contribution < 1.29 is 9.94 Å². The second kappa shape index (κ2) is 6.79. The van der Waals surface area contributed by atoms with Crippen molar-refractivity contribution in [2.45, 2.75) is 26.7 Å². The number of amidine groups is 1. The predicted octanol–water partition coefficient (Wildman–Crippen LogP) is 3.83. The maximum Gasteiger partial charge on any atom is 0.173 e. The van der Waals surface area contributed by atoms with E-state index in [0.29, 0.717) is 11.3 Å². The predicted molar refractivity (Wildman–Crippen MR) is 84.2 cm³/mol. The van der Waals surface area contributed by atoms with Crippen molar-refractivity contribution in [3.8, 4) is 11.5 Å². The fourth-order valence-corrected chi connectivity index (χ4v) is 2.13. The van der Waals surface area contributed by atoms with E-state index in [1.54, 1.807) is 0 Å². The van der Waals surface area contributed by atoms with E-state index >= 15 is 0 Å². The Balaban J connectivity index is 2.26. The number of rotatable bonds is 5. The summed E-state index contributed by atoms with van der Waals surface area (Å²) < 4.78 is 5.85. The van der Waals surface area contributed by atoms with E-state index in [1.807, 2.05) is 37.3 Å². The number of nitrogens with two attached hydrogens (primary N) is 1. The number of oxime groups is 1. The largest absolute Gasteiger partial charge is 0.457 e. The standard InChI is InChI=1S/C17H20N2O2/c1-3-4-13-6-8-14(9-7-13)21-16-10-5-12(2)11-15(16)17(18)19-20/h5-11,20H,3-4H2,1-2H3,(H2,18,19). The Hall–Kier alpha value is -2.49. The van der Waals surface area contributed by atoms with E-state index in [1.165, 1.54) is 5.56 Å². The van der Waals surface area contributed by atoms with E-state index in [-0.39, 0.29) is 5.84 Å². The number of ether oxygens (including phenoxy) is 1. The minimum Gasteiger partial charge on any atom is -0.457 e. The van der Waals surface area contributed by atoms with Gasteiger partial charge < -0.3 is 15.7 Å². The molecule has 0 amide bonds. The molecule has 0 aliphatic carbocycles. The number of benzene rings is 2. The fourth-order valence-electron chi connectivity index (χ4n) is 2.13. The van der Waals surface area contributed by atoms with Crippen molar-refractivity contribution in [1.82, 2.24) is 0 Å². The molecule has 110 valence electrons. The molecule has 2 aromatic carbocycles. The second-order valence-corrected chi connectivity index (χ2v) is 4.98. The first-order chi connectivity index (χ1) is 10.1. The Morgan fingerprint density at radius 1 is 1.19 bits per heavy atom. The average Bonchev–Trinajstić information content (AvgIpc) is 2.50. The Labute approximate surface area is 124 Å². The summed E-state index contributed by atoms with van der Waals surface area (Å²) in [7, 11) is 0. The summed E-state index contributed by atoms with van der Waals surface area (Å²) in [6.45, 7) is 4.09. The van der Waals surface area contributed by atoms with Gasteiger partial charge in [0, 0.05) is 0 Å². The molecule has 2 aromatic rings. The van der Waals surface area contributed by atoms with Crippen molar-refractivity contribution in [1.29, 1.82) is 0 Å². The highest BCUT2D eigenvalue weighted by Gasteiger charge is 2.10. The third-order valence-electron chi connectivity index (χ3n) is 3.21. The van der Waals surface area contributed by atoms with Gasteiger partial charge in [0.25, 0.3) is 0 Å². The smallest absolute Gasteiger partial charge is 0.173 e. The van der Waals surface area contributed by atoms with E-state index in [4.69, 9.17) is 15.7 Å². The normalized spacial score (nSPS) is 11.4. The molecule has 21 heavy (non-hydrogen) atoms. The zero-order valence-electron chi connectivity index (χ0n) is 12.3. The summed E-state index contributed by atoms with van der Waals surface area (Å²) in [6.07, 6.45) is 2.17. The van der Waals surface area contributed by atoms with Crippen molar-refractivity contribution in [3.05, 3.63) is 59.2 Å². The van der Waals surface area contributed by atoms with Crippen LogP contribution in [-0.2, 0) is 6.42 Å². The van der Waals surface area contributed by atoms with Gasteiger partial charge in [-0.05, 0) is 43.2 Å². The molecule has 4 heteroatoms. The SMILES string of the molecule is CCCc1ccc(Oc2ccc(C)cc2/C(N)=N/O)cc1. The van der Waals surface area contributed by atoms with Gasteiger partial charge >= 0.3 is 0 Å². The van der Waals surface area contributed by atoms with Crippen LogP contribution in [-0.4, -0.2) is 11.0 Å². The number of hydrogen-bond acceptors (Lipinski definition) is 3. The summed E-state index contributed by atoms with van der Waals surface area (Å²) in [4.78, 5) is 0. The molecule has 0 unspecified atom stereocenters. The Bertz CT molecular complexity index is 634. The fraction of sp³-hybridized carbons (Fsp3) is 0.235. The molecule has 0 saturated heterocycles. The summed E-state index contributed by atoms with van der Waals surface area (Å²) in [5, 5.41) is 11.9. The van der Waals surface area contributed by atoms with Crippen LogP contribution in [0.2, 0.25) is 0 Å². The molecule has 4 nitrogen and oxygen atoms in total. The molecule has 0 aliphatic heterocycles. The van der Waals surface area contributed by atoms with Gasteiger partial charge in [0.2, 0.25) is 0 Å². The molecule has 0 aromatic heterocycles. The number of aryl methyl sites for hydroxylation is 2. The molecule has 0 heterocycles. The molecule has 0 saturated carbocycles. The van der Waals surface area contributed by atoms with Crippen molar-refractivity contribution in [3.63, 3.8) is 0 Å². The third-order valence-corrected chi connectivity index (χ3v) is 3.21. The lowest BCUT2D eigenvalue weighted by Crippen LogP contribution is -2.14. The second-order valence-electron chi connectivity index (χ2n) is 4.98. The van der Waals surface area contributed by atoms with Crippen LogP contribution < -0.4 is 10.5 Å². The summed E-state index contributed by atoms with van der Waals surface area (Å²) in [5.74, 6) is 1.33. The van der Waals surface area contributed by atoms with Crippen LogP contribution in [0.4, 0.5) is 0 Å². The van der Waals surface area contributed by atoms with E-state index in [9.17, 15) is 0 Å². The van der Waals surface area contributed by atoms with Gasteiger partial charge in [0.15, 0.2) is 5.84 Å². The summed E-state index contributed by atoms with van der Waals surface area (Å²) >= 11 is 0. The van der Waals surface area contributed by atoms with Crippen LogP contribution >= 0.6 is 0 Å². The van der Waals surface area contributed by atoms with Crippen LogP contribution in [0.1, 0.15) is 30.0 Å². The molecule has 3 N–H and O–H groups in total. The summed E-state index contributed by atoms with van der Waals surface area (Å²) in [6, 6.07) is 13.5. The maximum atomic E-state index is 8.87. The maximum absolute atomic E-state index is 8.87. The molecule has 0 bridgehead atoms. The summed E-state index contributed by atoms with van der Waals surface area (Å²) in [5.41, 5.74) is 8.58. The van der Waals surface area contributed by atoms with Gasteiger partial charge in [-0.1, -0.05) is 42.3 Å². The van der Waals surface area contributed by atoms with Crippen molar-refractivity contribution in [2.75, 3.05) is 0 Å². The Kier molecular flexibility index (Phi) is 4.82. The molecule has 0 radical (unpaired) electrons. The third kappa shape index (κ3) is 3.75. The minimum absolute atomic E-state index is 0.0382. The van der Waals surface area contributed by atoms with Crippen LogP contribution in [0, 0.1) is 6.92 Å². The van der Waals surface area contributed by atoms with Crippen LogP contribution in [0.3, 0.4) is 0 Å². The van der Waals surface area contributed by atoms with Gasteiger partial charge in [-0.15, -0.1) is 0 Å². The molecule has 0 fully saturated rings. The Morgan fingerprint density at radius 2 is 1.90 bits per heavy atom. The highest BCUT2D eigenvalue weighted by molar-refractivity contribution is 5.99. The molecule has 0 atom stereocenters. The van der Waals surface area contributed by atoms with E-state index in [0.717, 1.165) is 24.2 Å². The highest BCUT2D eigenvalue weighted by atomic mass is 16.5. The van der Waals surface area contributed by atoms with Gasteiger partial charge in [0.05, 0.1) is 5.56 Å². The highest BCUT2D eigenvalue weighted by Crippen LogP contribution is 2.26. The van der Waals surface area contributed by atoms with Gasteiger partial charge in [-0.25, -0.2) is 0 Å². The van der Waals surface area contributed by atoms with Crippen LogP contribution in [0.25, 0.3) is 0 Å². The van der Waals surface area contributed by atoms with Crippen molar-refractivity contribution in [2.24, 2.45) is 10.9 Å². The van der Waals surface area contributed by atoms with Gasteiger partial charge in [-0.2, -0.15) is 0 Å². The molecular formula is C17H20N2O2. The first kappa shape index (κ1) is 14.9. The monoisotopic (exact) mass is 284 g/mol. The zero-order chi connectivity index (χ0) is 15.2. The quantitative estimate of drug-likeness (QED) is 0.379. The first-order valence-electron chi connectivity index (χ1n) is 6.99. The lowest BCUT2D eigenvalue weighted by atomic mass is 10.1. The average molecular weight is 284 g/mol. The topological polar surface area (TPSA) is 67.8 Å². The van der Waals surface area contributed by atoms with Crippen LogP contribution in [0.15, 0.2) is 47.6 Å². The van der Waals surface area contributed by atoms with E-state index in [2.05, 4.69) is 24.2 Å². The van der Waals surface area contributed by atoms with Crippen LogP contribution in [0.5, 0.6) is 11.5 Å². The molecule has 0 aliphatic rings. The lowest BCUT2D eigenvalue weighted by Gasteiger charge is -2.11. The zero-order valence-corrected chi connectivity index (χ0v) is 12.3. The van der Waals surface area contributed by atoms with E-state index < -0.39 is 0 Å². The molecule has 2 rings (SSSR count). The minimum atomic E-state index is 0.0382.